The van der Waals surface area contributed by atoms with Crippen molar-refractivity contribution in [3.8, 4) is 5.75 Å². The molecule has 1 heterocycles. The van der Waals surface area contributed by atoms with Crippen LogP contribution in [0.4, 0.5) is 0 Å². The first kappa shape index (κ1) is 17.8. The van der Waals surface area contributed by atoms with Crippen LogP contribution in [0.15, 0.2) is 24.3 Å². The normalized spacial score (nSPS) is 21.5. The average molecular weight is 320 g/mol. The molecule has 1 aliphatic heterocycles. The Balaban J connectivity index is 1.89. The molecular formula is C18H28N2O3. The van der Waals surface area contributed by atoms with Crippen LogP contribution in [0.3, 0.4) is 0 Å². The number of methoxy groups -OCH3 is 1. The molecule has 5 heteroatoms. The van der Waals surface area contributed by atoms with Gasteiger partial charge in [-0.3, -0.25) is 9.69 Å². The number of rotatable bonds is 6. The second kappa shape index (κ2) is 8.31. The second-order valence-electron chi connectivity index (χ2n) is 6.41. The number of hydrogen-bond donors (Lipinski definition) is 2. The maximum Gasteiger partial charge on any atom is 0.234 e. The lowest BCUT2D eigenvalue weighted by Crippen LogP contribution is -2.45. The van der Waals surface area contributed by atoms with Crippen molar-refractivity contribution in [2.75, 3.05) is 26.7 Å². The van der Waals surface area contributed by atoms with Crippen LogP contribution in [0.2, 0.25) is 0 Å². The zero-order chi connectivity index (χ0) is 16.8. The zero-order valence-corrected chi connectivity index (χ0v) is 14.3. The molecule has 1 amide bonds. The lowest BCUT2D eigenvalue weighted by Gasteiger charge is -2.33. The van der Waals surface area contributed by atoms with E-state index < -0.39 is 0 Å². The molecule has 1 aromatic carbocycles. The van der Waals surface area contributed by atoms with Gasteiger partial charge < -0.3 is 15.2 Å². The van der Waals surface area contributed by atoms with Crippen molar-refractivity contribution < 1.29 is 14.6 Å². The monoisotopic (exact) mass is 320 g/mol. The summed E-state index contributed by atoms with van der Waals surface area (Å²) in [7, 11) is 1.64. The lowest BCUT2D eigenvalue weighted by atomic mass is 9.93. The van der Waals surface area contributed by atoms with Crippen LogP contribution in [0, 0.1) is 5.92 Å². The number of ether oxygens (including phenoxy) is 1. The van der Waals surface area contributed by atoms with Gasteiger partial charge in [-0.25, -0.2) is 0 Å². The molecule has 0 spiro atoms. The first-order valence-electron chi connectivity index (χ1n) is 8.34. The molecule has 23 heavy (non-hydrogen) atoms. The molecule has 0 saturated carbocycles. The average Bonchev–Trinajstić information content (AvgIpc) is 2.54. The van der Waals surface area contributed by atoms with E-state index in [-0.39, 0.29) is 24.0 Å². The third kappa shape index (κ3) is 4.94. The molecular weight excluding hydrogens is 292 g/mol. The summed E-state index contributed by atoms with van der Waals surface area (Å²) in [4.78, 5) is 14.4. The first-order valence-corrected chi connectivity index (χ1v) is 8.34. The number of nitrogens with zero attached hydrogens (tertiary/aromatic N) is 1. The van der Waals surface area contributed by atoms with Gasteiger partial charge in [-0.05, 0) is 45.2 Å². The van der Waals surface area contributed by atoms with Gasteiger partial charge in [0, 0.05) is 12.1 Å². The number of piperidine rings is 1. The highest BCUT2D eigenvalue weighted by molar-refractivity contribution is 5.78. The van der Waals surface area contributed by atoms with Crippen molar-refractivity contribution in [3.63, 3.8) is 0 Å². The maximum atomic E-state index is 12.3. The third-order valence-electron chi connectivity index (χ3n) is 4.57. The van der Waals surface area contributed by atoms with Crippen molar-refractivity contribution in [1.82, 2.24) is 10.2 Å². The molecule has 3 unspecified atom stereocenters. The van der Waals surface area contributed by atoms with Crippen LogP contribution in [0.5, 0.6) is 5.75 Å². The van der Waals surface area contributed by atoms with Crippen LogP contribution in [0.1, 0.15) is 38.3 Å². The van der Waals surface area contributed by atoms with Gasteiger partial charge >= 0.3 is 0 Å². The van der Waals surface area contributed by atoms with E-state index in [2.05, 4.69) is 10.2 Å². The Bertz CT molecular complexity index is 519. The fraction of sp³-hybridized carbons (Fsp3) is 0.611. The third-order valence-corrected chi connectivity index (χ3v) is 4.57. The van der Waals surface area contributed by atoms with Crippen LogP contribution < -0.4 is 10.1 Å². The van der Waals surface area contributed by atoms with Crippen molar-refractivity contribution >= 4 is 5.91 Å². The number of amides is 1. The minimum Gasteiger partial charge on any atom is -0.496 e. The van der Waals surface area contributed by atoms with E-state index in [9.17, 15) is 9.90 Å². The number of para-hydroxylation sites is 1. The summed E-state index contributed by atoms with van der Waals surface area (Å²) >= 11 is 0. The molecule has 1 fully saturated rings. The highest BCUT2D eigenvalue weighted by Crippen LogP contribution is 2.24. The Hall–Kier alpha value is -1.59. The Kier molecular flexibility index (Phi) is 6.42. The second-order valence-corrected chi connectivity index (χ2v) is 6.41. The molecule has 0 bridgehead atoms. The Morgan fingerprint density at radius 2 is 2.17 bits per heavy atom. The highest BCUT2D eigenvalue weighted by atomic mass is 16.5. The number of carbonyl (C=O) groups excluding carboxylic acids is 1. The minimum atomic E-state index is -0.312. The Labute approximate surface area is 138 Å². The van der Waals surface area contributed by atoms with Crippen LogP contribution in [0.25, 0.3) is 0 Å². The van der Waals surface area contributed by atoms with Crippen LogP contribution in [-0.4, -0.2) is 48.8 Å². The topological polar surface area (TPSA) is 61.8 Å². The molecule has 2 N–H and O–H groups in total. The molecule has 1 aliphatic rings. The number of carbonyl (C=O) groups is 1. The summed E-state index contributed by atoms with van der Waals surface area (Å²) in [6.45, 7) is 5.87. The van der Waals surface area contributed by atoms with E-state index in [1.54, 1.807) is 7.11 Å². The van der Waals surface area contributed by atoms with E-state index in [1.165, 1.54) is 0 Å². The molecule has 0 radical (unpaired) electrons. The fourth-order valence-corrected chi connectivity index (χ4v) is 3.22. The number of aliphatic hydroxyl groups is 1. The summed E-state index contributed by atoms with van der Waals surface area (Å²) in [5.41, 5.74) is 0.976. The van der Waals surface area contributed by atoms with E-state index >= 15 is 0 Å². The van der Waals surface area contributed by atoms with E-state index in [4.69, 9.17) is 4.74 Å². The molecule has 3 atom stereocenters. The molecule has 0 aromatic heterocycles. The summed E-state index contributed by atoms with van der Waals surface area (Å²) < 4.78 is 5.35. The van der Waals surface area contributed by atoms with Gasteiger partial charge in [0.25, 0.3) is 0 Å². The summed E-state index contributed by atoms with van der Waals surface area (Å²) in [6.07, 6.45) is 1.76. The Morgan fingerprint density at radius 1 is 1.43 bits per heavy atom. The summed E-state index contributed by atoms with van der Waals surface area (Å²) in [5, 5.41) is 12.8. The molecule has 1 aromatic rings. The highest BCUT2D eigenvalue weighted by Gasteiger charge is 2.25. The zero-order valence-electron chi connectivity index (χ0n) is 14.3. The van der Waals surface area contributed by atoms with Gasteiger partial charge in [0.05, 0.1) is 25.8 Å². The van der Waals surface area contributed by atoms with Gasteiger partial charge in [0.1, 0.15) is 5.75 Å². The standard InChI is InChI=1S/C18H28N2O3/c1-13(16-8-4-5-9-17(16)23-3)19-18(22)12-20-10-6-7-15(11-20)14(2)21/h4-5,8-9,13-15,21H,6-7,10-12H2,1-3H3,(H,19,22). The van der Waals surface area contributed by atoms with Crippen LogP contribution >= 0.6 is 0 Å². The quantitative estimate of drug-likeness (QED) is 0.841. The summed E-state index contributed by atoms with van der Waals surface area (Å²) in [6, 6.07) is 7.62. The largest absolute Gasteiger partial charge is 0.496 e. The minimum absolute atomic E-state index is 0.00893. The van der Waals surface area contributed by atoms with Crippen LogP contribution in [-0.2, 0) is 4.79 Å². The fourth-order valence-electron chi connectivity index (χ4n) is 3.22. The first-order chi connectivity index (χ1) is 11.0. The molecule has 0 aliphatic carbocycles. The van der Waals surface area contributed by atoms with Crippen molar-refractivity contribution in [1.29, 1.82) is 0 Å². The van der Waals surface area contributed by atoms with Gasteiger partial charge in [-0.2, -0.15) is 0 Å². The Morgan fingerprint density at radius 3 is 2.87 bits per heavy atom. The molecule has 128 valence electrons. The molecule has 5 nitrogen and oxygen atoms in total. The lowest BCUT2D eigenvalue weighted by molar-refractivity contribution is -0.123. The van der Waals surface area contributed by atoms with E-state index in [0.29, 0.717) is 6.54 Å². The van der Waals surface area contributed by atoms with Gasteiger partial charge in [-0.1, -0.05) is 18.2 Å². The predicted octanol–water partition coefficient (Wildman–Crippen LogP) is 1.97. The van der Waals surface area contributed by atoms with Gasteiger partial charge in [-0.15, -0.1) is 0 Å². The van der Waals surface area contributed by atoms with Gasteiger partial charge in [0.15, 0.2) is 0 Å². The predicted molar refractivity (Wildman–Crippen MR) is 90.4 cm³/mol. The summed E-state index contributed by atoms with van der Waals surface area (Å²) in [5.74, 6) is 1.06. The SMILES string of the molecule is COc1ccccc1C(C)NC(=O)CN1CCCC(C(C)O)C1. The molecule has 2 rings (SSSR count). The number of benzene rings is 1. The number of nitrogens with one attached hydrogen (secondary N) is 1. The number of hydrogen-bond acceptors (Lipinski definition) is 4. The maximum absolute atomic E-state index is 12.3. The van der Waals surface area contributed by atoms with Crippen molar-refractivity contribution in [2.24, 2.45) is 5.92 Å². The van der Waals surface area contributed by atoms with E-state index in [0.717, 1.165) is 37.2 Å². The van der Waals surface area contributed by atoms with Gasteiger partial charge in [0.2, 0.25) is 5.91 Å². The number of likely N-dealkylation sites (tertiary alicyclic amines) is 1. The van der Waals surface area contributed by atoms with Crippen molar-refractivity contribution in [2.45, 2.75) is 38.8 Å². The van der Waals surface area contributed by atoms with E-state index in [1.807, 2.05) is 38.1 Å². The molecule has 1 saturated heterocycles. The smallest absolute Gasteiger partial charge is 0.234 e. The number of aliphatic hydroxyl groups excluding tert-OH is 1. The van der Waals surface area contributed by atoms with Crippen molar-refractivity contribution in [3.05, 3.63) is 29.8 Å².